The minimum absolute atomic E-state index is 0.0658. The van der Waals surface area contributed by atoms with Gasteiger partial charge in [-0.25, -0.2) is 0 Å². The molecule has 0 aliphatic rings. The number of aryl methyl sites for hydroxylation is 1. The number of amides is 1. The van der Waals surface area contributed by atoms with Crippen molar-refractivity contribution in [1.29, 1.82) is 0 Å². The summed E-state index contributed by atoms with van der Waals surface area (Å²) in [5.74, 6) is -0.695. The number of anilines is 1. The lowest BCUT2D eigenvalue weighted by molar-refractivity contribution is 0.102. The van der Waals surface area contributed by atoms with Crippen molar-refractivity contribution in [2.24, 2.45) is 0 Å². The lowest BCUT2D eigenvalue weighted by Crippen LogP contribution is -2.12. The summed E-state index contributed by atoms with van der Waals surface area (Å²) in [5.41, 5.74) is 2.00. The molecule has 0 aliphatic heterocycles. The van der Waals surface area contributed by atoms with E-state index in [9.17, 15) is 14.7 Å². The van der Waals surface area contributed by atoms with Crippen molar-refractivity contribution in [3.8, 4) is 11.5 Å². The van der Waals surface area contributed by atoms with Crippen LogP contribution in [-0.4, -0.2) is 21.4 Å². The Morgan fingerprint density at radius 2 is 1.38 bits per heavy atom. The Morgan fingerprint density at radius 3 is 1.86 bits per heavy atom. The van der Waals surface area contributed by atoms with Crippen molar-refractivity contribution in [1.82, 2.24) is 0 Å². The predicted octanol–water partition coefficient (Wildman–Crippen LogP) is 6.03. The van der Waals surface area contributed by atoms with Crippen LogP contribution in [0.4, 0.5) is 5.69 Å². The molecular formula is C21H16Cl3NO4. The highest BCUT2D eigenvalue weighted by Crippen LogP contribution is 2.24. The van der Waals surface area contributed by atoms with Crippen LogP contribution in [0, 0.1) is 6.92 Å². The van der Waals surface area contributed by atoms with Gasteiger partial charge in [0, 0.05) is 15.7 Å². The van der Waals surface area contributed by atoms with E-state index in [1.54, 1.807) is 12.1 Å². The summed E-state index contributed by atoms with van der Waals surface area (Å²) in [6.45, 7) is 1.94. The molecule has 29 heavy (non-hydrogen) atoms. The lowest BCUT2D eigenvalue weighted by atomic mass is 10.1. The molecule has 5 nitrogen and oxygen atoms in total. The number of phenols is 2. The molecule has 0 bridgehead atoms. The molecule has 0 radical (unpaired) electrons. The first kappa shape index (κ1) is 22.6. The number of halogens is 3. The van der Waals surface area contributed by atoms with Gasteiger partial charge in [-0.05, 0) is 72.6 Å². The van der Waals surface area contributed by atoms with Gasteiger partial charge in [-0.3, -0.25) is 9.59 Å². The van der Waals surface area contributed by atoms with E-state index in [1.165, 1.54) is 30.3 Å². The first-order valence-corrected chi connectivity index (χ1v) is 9.35. The quantitative estimate of drug-likeness (QED) is 0.423. The molecule has 0 aliphatic carbocycles. The van der Waals surface area contributed by atoms with Gasteiger partial charge in [0.15, 0.2) is 0 Å². The first-order chi connectivity index (χ1) is 13.7. The number of phenolic OH excluding ortho intramolecular Hbond substituents is 2. The Balaban J connectivity index is 0.000000234. The minimum Gasteiger partial charge on any atom is -0.507 e. The maximum atomic E-state index is 11.9. The number of aromatic hydroxyl groups is 2. The van der Waals surface area contributed by atoms with E-state index >= 15 is 0 Å². The molecule has 0 unspecified atom stereocenters. The van der Waals surface area contributed by atoms with Crippen molar-refractivity contribution in [2.75, 3.05) is 5.32 Å². The molecular weight excluding hydrogens is 437 g/mol. The molecule has 0 spiro atoms. The molecule has 3 N–H and O–H groups in total. The summed E-state index contributed by atoms with van der Waals surface area (Å²) in [6.07, 6.45) is 0. The van der Waals surface area contributed by atoms with Crippen LogP contribution in [0.25, 0.3) is 0 Å². The van der Waals surface area contributed by atoms with E-state index in [4.69, 9.17) is 39.9 Å². The highest BCUT2D eigenvalue weighted by molar-refractivity contribution is 6.68. The van der Waals surface area contributed by atoms with Crippen LogP contribution in [0.2, 0.25) is 10.0 Å². The molecule has 0 aromatic heterocycles. The van der Waals surface area contributed by atoms with Crippen LogP contribution in [0.1, 0.15) is 26.3 Å². The second kappa shape index (κ2) is 10.2. The molecule has 3 aromatic carbocycles. The van der Waals surface area contributed by atoms with Crippen LogP contribution in [0.3, 0.4) is 0 Å². The Labute approximate surface area is 182 Å². The summed E-state index contributed by atoms with van der Waals surface area (Å²) < 4.78 is 0. The van der Waals surface area contributed by atoms with Crippen molar-refractivity contribution in [3.05, 3.63) is 87.4 Å². The molecule has 3 aromatic rings. The molecule has 8 heteroatoms. The molecule has 0 atom stereocenters. The summed E-state index contributed by atoms with van der Waals surface area (Å²) in [4.78, 5) is 22.5. The summed E-state index contributed by atoms with van der Waals surface area (Å²) >= 11 is 16.3. The Hall–Kier alpha value is -2.73. The van der Waals surface area contributed by atoms with E-state index in [2.05, 4.69) is 5.32 Å². The molecule has 150 valence electrons. The van der Waals surface area contributed by atoms with E-state index in [0.717, 1.165) is 5.56 Å². The number of carbonyl (C=O) groups is 2. The highest BCUT2D eigenvalue weighted by Gasteiger charge is 2.11. The largest absolute Gasteiger partial charge is 0.507 e. The van der Waals surface area contributed by atoms with Crippen LogP contribution in [0.15, 0.2) is 60.7 Å². The Bertz CT molecular complexity index is 1050. The third-order valence-electron chi connectivity index (χ3n) is 3.65. The second-order valence-electron chi connectivity index (χ2n) is 5.92. The van der Waals surface area contributed by atoms with Gasteiger partial charge in [-0.1, -0.05) is 35.3 Å². The van der Waals surface area contributed by atoms with Crippen molar-refractivity contribution >= 4 is 51.6 Å². The maximum absolute atomic E-state index is 11.9. The minimum atomic E-state index is -0.695. The Morgan fingerprint density at radius 1 is 0.828 bits per heavy atom. The SMILES string of the molecule is Cc1cccc(NC(=O)c2ccc(Cl)cc2O)c1.O=C(Cl)c1ccc(Cl)cc1O. The standard InChI is InChI=1S/C14H12ClNO2.C7H4Cl2O2/c1-9-3-2-4-11(7-9)16-14(18)12-6-5-10(15)8-13(12)17;8-4-1-2-5(7(9)11)6(10)3-4/h2-8,17H,1H3,(H,16,18);1-3,10H. The van der Waals surface area contributed by atoms with E-state index in [1.807, 2.05) is 25.1 Å². The van der Waals surface area contributed by atoms with E-state index in [-0.39, 0.29) is 28.5 Å². The summed E-state index contributed by atoms with van der Waals surface area (Å²) in [7, 11) is 0. The van der Waals surface area contributed by atoms with Crippen molar-refractivity contribution in [3.63, 3.8) is 0 Å². The second-order valence-corrected chi connectivity index (χ2v) is 7.14. The Kier molecular flexibility index (Phi) is 7.91. The zero-order chi connectivity index (χ0) is 21.6. The van der Waals surface area contributed by atoms with Gasteiger partial charge in [0.2, 0.25) is 0 Å². The number of rotatable bonds is 3. The zero-order valence-corrected chi connectivity index (χ0v) is 17.4. The fraction of sp³-hybridized carbons (Fsp3) is 0.0476. The highest BCUT2D eigenvalue weighted by atomic mass is 35.5. The van der Waals surface area contributed by atoms with Crippen molar-refractivity contribution in [2.45, 2.75) is 6.92 Å². The number of carbonyl (C=O) groups excluding carboxylic acids is 2. The fourth-order valence-corrected chi connectivity index (χ4v) is 2.78. The normalized spacial score (nSPS) is 9.93. The van der Waals surface area contributed by atoms with Gasteiger partial charge in [0.05, 0.1) is 11.1 Å². The molecule has 0 saturated carbocycles. The third kappa shape index (κ3) is 6.68. The summed E-state index contributed by atoms with van der Waals surface area (Å²) in [5, 5.41) is 21.5. The van der Waals surface area contributed by atoms with Gasteiger partial charge in [0.25, 0.3) is 11.1 Å². The van der Waals surface area contributed by atoms with Gasteiger partial charge >= 0.3 is 0 Å². The van der Waals surface area contributed by atoms with Gasteiger partial charge in [0.1, 0.15) is 11.5 Å². The van der Waals surface area contributed by atoms with E-state index < -0.39 is 5.24 Å². The smallest absolute Gasteiger partial charge is 0.259 e. The third-order valence-corrected chi connectivity index (χ3v) is 4.33. The van der Waals surface area contributed by atoms with Gasteiger partial charge in [-0.2, -0.15) is 0 Å². The number of benzene rings is 3. The average Bonchev–Trinajstić information content (AvgIpc) is 2.61. The molecule has 0 saturated heterocycles. The van der Waals surface area contributed by atoms with Crippen LogP contribution in [0.5, 0.6) is 11.5 Å². The monoisotopic (exact) mass is 451 g/mol. The maximum Gasteiger partial charge on any atom is 0.259 e. The molecule has 0 heterocycles. The molecule has 0 fully saturated rings. The van der Waals surface area contributed by atoms with E-state index in [0.29, 0.717) is 15.7 Å². The molecule has 3 rings (SSSR count). The van der Waals surface area contributed by atoms with Gasteiger partial charge < -0.3 is 15.5 Å². The number of nitrogens with one attached hydrogen (secondary N) is 1. The zero-order valence-electron chi connectivity index (χ0n) is 15.1. The van der Waals surface area contributed by atoms with Gasteiger partial charge in [-0.15, -0.1) is 0 Å². The van der Waals surface area contributed by atoms with Crippen LogP contribution in [-0.2, 0) is 0 Å². The fourth-order valence-electron chi connectivity index (χ4n) is 2.29. The average molecular weight is 453 g/mol. The number of hydrogen-bond donors (Lipinski definition) is 3. The van der Waals surface area contributed by atoms with Crippen LogP contribution >= 0.6 is 34.8 Å². The lowest BCUT2D eigenvalue weighted by Gasteiger charge is -2.07. The molecule has 1 amide bonds. The topological polar surface area (TPSA) is 86.6 Å². The predicted molar refractivity (Wildman–Crippen MR) is 116 cm³/mol. The first-order valence-electron chi connectivity index (χ1n) is 8.22. The summed E-state index contributed by atoms with van der Waals surface area (Å²) in [6, 6.07) is 15.9. The van der Waals surface area contributed by atoms with Crippen molar-refractivity contribution < 1.29 is 19.8 Å². The van der Waals surface area contributed by atoms with Crippen LogP contribution < -0.4 is 5.32 Å². The number of hydrogen-bond acceptors (Lipinski definition) is 4.